The van der Waals surface area contributed by atoms with E-state index in [0.717, 1.165) is 0 Å². The van der Waals surface area contributed by atoms with E-state index in [1.165, 1.54) is 42.6 Å². The van der Waals surface area contributed by atoms with Crippen LogP contribution in [0.15, 0.2) is 47.5 Å². The van der Waals surface area contributed by atoms with Gasteiger partial charge in [0.1, 0.15) is 11.0 Å². The van der Waals surface area contributed by atoms with E-state index in [1.54, 1.807) is 6.07 Å². The van der Waals surface area contributed by atoms with Crippen LogP contribution in [0.1, 0.15) is 16.1 Å². The number of nitriles is 1. The van der Waals surface area contributed by atoms with E-state index in [4.69, 9.17) is 10.4 Å². The molecule has 1 aromatic heterocycles. The zero-order chi connectivity index (χ0) is 15.5. The van der Waals surface area contributed by atoms with Crippen LogP contribution < -0.4 is 4.72 Å². The molecule has 106 valence electrons. The molecule has 7 nitrogen and oxygen atoms in total. The van der Waals surface area contributed by atoms with Crippen LogP contribution in [0.3, 0.4) is 0 Å². The van der Waals surface area contributed by atoms with Gasteiger partial charge in [0.25, 0.3) is 10.0 Å². The number of hydrogen-bond donors (Lipinski definition) is 2. The molecule has 2 N–H and O–H groups in total. The Labute approximate surface area is 120 Å². The van der Waals surface area contributed by atoms with Gasteiger partial charge in [-0.05, 0) is 30.3 Å². The summed E-state index contributed by atoms with van der Waals surface area (Å²) in [6, 6.07) is 9.67. The first kappa shape index (κ1) is 14.5. The third kappa shape index (κ3) is 3.16. The van der Waals surface area contributed by atoms with E-state index in [0.29, 0.717) is 0 Å². The fourth-order valence-electron chi connectivity index (χ4n) is 1.62. The Hall–Kier alpha value is -2.92. The molecule has 0 saturated heterocycles. The van der Waals surface area contributed by atoms with Gasteiger partial charge in [-0.3, -0.25) is 4.72 Å². The van der Waals surface area contributed by atoms with Gasteiger partial charge in [-0.25, -0.2) is 18.2 Å². The van der Waals surface area contributed by atoms with Crippen molar-refractivity contribution in [1.82, 2.24) is 4.98 Å². The summed E-state index contributed by atoms with van der Waals surface area (Å²) in [5.74, 6) is -1.17. The minimum Gasteiger partial charge on any atom is -0.478 e. The summed E-state index contributed by atoms with van der Waals surface area (Å²) in [6.45, 7) is 0. The molecule has 0 unspecified atom stereocenters. The molecule has 0 aliphatic heterocycles. The predicted molar refractivity (Wildman–Crippen MR) is 73.2 cm³/mol. The van der Waals surface area contributed by atoms with Crippen molar-refractivity contribution in [3.05, 3.63) is 53.9 Å². The molecule has 0 aliphatic rings. The number of nitrogens with zero attached hydrogens (tertiary/aromatic N) is 2. The van der Waals surface area contributed by atoms with E-state index in [1.807, 2.05) is 0 Å². The van der Waals surface area contributed by atoms with Crippen molar-refractivity contribution in [3.63, 3.8) is 0 Å². The van der Waals surface area contributed by atoms with Gasteiger partial charge in [0.2, 0.25) is 0 Å². The average molecular weight is 303 g/mol. The molecule has 0 atom stereocenters. The van der Waals surface area contributed by atoms with Crippen LogP contribution in [-0.2, 0) is 10.0 Å². The minimum atomic E-state index is -4.03. The SMILES string of the molecule is N#Cc1ncccc1S(=O)(=O)Nc1cccc(C(=O)O)c1. The summed E-state index contributed by atoms with van der Waals surface area (Å²) in [4.78, 5) is 14.3. The van der Waals surface area contributed by atoms with Crippen LogP contribution in [0.2, 0.25) is 0 Å². The zero-order valence-electron chi connectivity index (χ0n) is 10.5. The first-order valence-corrected chi connectivity index (χ1v) is 7.13. The van der Waals surface area contributed by atoms with Gasteiger partial charge in [-0.1, -0.05) is 6.07 Å². The van der Waals surface area contributed by atoms with E-state index in [-0.39, 0.29) is 21.8 Å². The molecule has 0 aliphatic carbocycles. The minimum absolute atomic E-state index is 0.0538. The highest BCUT2D eigenvalue weighted by Crippen LogP contribution is 2.18. The largest absolute Gasteiger partial charge is 0.478 e. The van der Waals surface area contributed by atoms with Crippen molar-refractivity contribution in [2.24, 2.45) is 0 Å². The maximum absolute atomic E-state index is 12.2. The van der Waals surface area contributed by atoms with Gasteiger partial charge < -0.3 is 5.11 Å². The Morgan fingerprint density at radius 3 is 2.71 bits per heavy atom. The highest BCUT2D eigenvalue weighted by molar-refractivity contribution is 7.92. The first-order chi connectivity index (χ1) is 9.94. The standard InChI is InChI=1S/C13H9N3O4S/c14-8-11-12(5-2-6-15-11)21(19,20)16-10-4-1-3-9(7-10)13(17)18/h1-7,16H,(H,17,18). The summed E-state index contributed by atoms with van der Waals surface area (Å²) in [7, 11) is -4.03. The Balaban J connectivity index is 2.41. The van der Waals surface area contributed by atoms with Crippen LogP contribution in [0.25, 0.3) is 0 Å². The van der Waals surface area contributed by atoms with Crippen molar-refractivity contribution in [1.29, 1.82) is 5.26 Å². The third-order valence-electron chi connectivity index (χ3n) is 2.53. The quantitative estimate of drug-likeness (QED) is 0.882. The maximum Gasteiger partial charge on any atom is 0.335 e. The number of aromatic carboxylic acids is 1. The summed E-state index contributed by atoms with van der Waals surface area (Å²) < 4.78 is 26.6. The lowest BCUT2D eigenvalue weighted by Gasteiger charge is -2.09. The second-order valence-electron chi connectivity index (χ2n) is 3.95. The second kappa shape index (κ2) is 5.60. The van der Waals surface area contributed by atoms with E-state index >= 15 is 0 Å². The van der Waals surface area contributed by atoms with Gasteiger partial charge in [-0.15, -0.1) is 0 Å². The van der Waals surface area contributed by atoms with Gasteiger partial charge in [-0.2, -0.15) is 5.26 Å². The first-order valence-electron chi connectivity index (χ1n) is 5.65. The highest BCUT2D eigenvalue weighted by atomic mass is 32.2. The number of carboxylic acids is 1. The Bertz CT molecular complexity index is 840. The van der Waals surface area contributed by atoms with Crippen LogP contribution in [-0.4, -0.2) is 24.5 Å². The number of pyridine rings is 1. The van der Waals surface area contributed by atoms with Crippen molar-refractivity contribution < 1.29 is 18.3 Å². The van der Waals surface area contributed by atoms with E-state index < -0.39 is 16.0 Å². The summed E-state index contributed by atoms with van der Waals surface area (Å²) in [5, 5.41) is 17.8. The molecule has 0 amide bonds. The topological polar surface area (TPSA) is 120 Å². The monoisotopic (exact) mass is 303 g/mol. The molecule has 1 aromatic carbocycles. The number of rotatable bonds is 4. The van der Waals surface area contributed by atoms with Crippen LogP contribution >= 0.6 is 0 Å². The molecule has 0 bridgehead atoms. The molecule has 0 spiro atoms. The third-order valence-corrected chi connectivity index (χ3v) is 3.94. The Morgan fingerprint density at radius 2 is 2.05 bits per heavy atom. The fraction of sp³-hybridized carbons (Fsp3) is 0. The molecule has 0 saturated carbocycles. The van der Waals surface area contributed by atoms with Crippen molar-refractivity contribution in [2.75, 3.05) is 4.72 Å². The van der Waals surface area contributed by atoms with Crippen LogP contribution in [0.5, 0.6) is 0 Å². The number of carbonyl (C=O) groups is 1. The van der Waals surface area contributed by atoms with Crippen molar-refractivity contribution in [3.8, 4) is 6.07 Å². The number of anilines is 1. The van der Waals surface area contributed by atoms with Gasteiger partial charge in [0.05, 0.1) is 5.56 Å². The van der Waals surface area contributed by atoms with Gasteiger partial charge in [0, 0.05) is 11.9 Å². The van der Waals surface area contributed by atoms with E-state index in [9.17, 15) is 13.2 Å². The number of hydrogen-bond acceptors (Lipinski definition) is 5. The highest BCUT2D eigenvalue weighted by Gasteiger charge is 2.19. The number of benzene rings is 1. The van der Waals surface area contributed by atoms with Gasteiger partial charge >= 0.3 is 5.97 Å². The van der Waals surface area contributed by atoms with Crippen molar-refractivity contribution >= 4 is 21.7 Å². The molecule has 2 aromatic rings. The smallest absolute Gasteiger partial charge is 0.335 e. The molecule has 21 heavy (non-hydrogen) atoms. The normalized spacial score (nSPS) is 10.6. The molecular weight excluding hydrogens is 294 g/mol. The number of aromatic nitrogens is 1. The number of sulfonamides is 1. The molecular formula is C13H9N3O4S. The zero-order valence-corrected chi connectivity index (χ0v) is 11.3. The maximum atomic E-state index is 12.2. The molecule has 0 fully saturated rings. The molecule has 2 rings (SSSR count). The van der Waals surface area contributed by atoms with Crippen LogP contribution in [0, 0.1) is 11.3 Å². The summed E-state index contributed by atoms with van der Waals surface area (Å²) >= 11 is 0. The number of nitrogens with one attached hydrogen (secondary N) is 1. The van der Waals surface area contributed by atoms with Crippen molar-refractivity contribution in [2.45, 2.75) is 4.90 Å². The summed E-state index contributed by atoms with van der Waals surface area (Å²) in [6.07, 6.45) is 1.31. The molecule has 0 radical (unpaired) electrons. The lowest BCUT2D eigenvalue weighted by molar-refractivity contribution is 0.0697. The molecule has 1 heterocycles. The predicted octanol–water partition coefficient (Wildman–Crippen LogP) is 1.45. The second-order valence-corrected chi connectivity index (χ2v) is 5.60. The van der Waals surface area contributed by atoms with Crippen LogP contribution in [0.4, 0.5) is 5.69 Å². The average Bonchev–Trinajstić information content (AvgIpc) is 2.47. The van der Waals surface area contributed by atoms with Gasteiger partial charge in [0.15, 0.2) is 5.69 Å². The molecule has 8 heteroatoms. The lowest BCUT2D eigenvalue weighted by Crippen LogP contribution is -2.15. The fourth-order valence-corrected chi connectivity index (χ4v) is 2.78. The van der Waals surface area contributed by atoms with E-state index in [2.05, 4.69) is 9.71 Å². The lowest BCUT2D eigenvalue weighted by atomic mass is 10.2. The number of carboxylic acid groups (broad SMARTS) is 1. The Kier molecular flexibility index (Phi) is 3.86. The Morgan fingerprint density at radius 1 is 1.29 bits per heavy atom. The summed E-state index contributed by atoms with van der Waals surface area (Å²) in [5.41, 5.74) is -0.205.